The summed E-state index contributed by atoms with van der Waals surface area (Å²) in [6.07, 6.45) is 4.04. The van der Waals surface area contributed by atoms with Gasteiger partial charge in [-0.15, -0.1) is 0 Å². The fourth-order valence-corrected chi connectivity index (χ4v) is 3.80. The highest BCUT2D eigenvalue weighted by Gasteiger charge is 2.33. The van der Waals surface area contributed by atoms with Crippen molar-refractivity contribution in [3.8, 4) is 0 Å². The lowest BCUT2D eigenvalue weighted by molar-refractivity contribution is 0.665. The van der Waals surface area contributed by atoms with E-state index in [0.29, 0.717) is 18.5 Å². The molecule has 0 N–H and O–H groups in total. The Morgan fingerprint density at radius 2 is 2.09 bits per heavy atom. The number of furan rings is 1. The minimum absolute atomic E-state index is 0.431. The van der Waals surface area contributed by atoms with E-state index in [2.05, 4.69) is 61.9 Å². The van der Waals surface area contributed by atoms with E-state index in [1.54, 1.807) is 0 Å². The molecule has 0 aliphatic carbocycles. The molecule has 2 aromatic heterocycles. The second-order valence-electron chi connectivity index (χ2n) is 6.87. The average molecular weight is 304 g/mol. The predicted octanol–water partition coefficient (Wildman–Crippen LogP) is 4.99. The van der Waals surface area contributed by atoms with Crippen LogP contribution in [0.4, 0.5) is 5.69 Å². The van der Waals surface area contributed by atoms with Crippen molar-refractivity contribution in [1.29, 1.82) is 0 Å². The first-order chi connectivity index (χ1) is 11.1. The summed E-state index contributed by atoms with van der Waals surface area (Å²) in [5, 5.41) is 1.09. The highest BCUT2D eigenvalue weighted by molar-refractivity contribution is 6.69. The summed E-state index contributed by atoms with van der Waals surface area (Å²) >= 11 is 0. The van der Waals surface area contributed by atoms with Crippen molar-refractivity contribution < 1.29 is 4.42 Å². The Morgan fingerprint density at radius 3 is 2.83 bits per heavy atom. The van der Waals surface area contributed by atoms with Gasteiger partial charge in [-0.05, 0) is 36.9 Å². The van der Waals surface area contributed by atoms with Crippen molar-refractivity contribution in [1.82, 2.24) is 4.98 Å². The third-order valence-corrected chi connectivity index (χ3v) is 5.06. The molecular weight excluding hydrogens is 283 g/mol. The summed E-state index contributed by atoms with van der Waals surface area (Å²) in [5.41, 5.74) is 5.15. The van der Waals surface area contributed by atoms with Crippen LogP contribution in [0.15, 0.2) is 47.1 Å². The van der Waals surface area contributed by atoms with Gasteiger partial charge < -0.3 is 9.32 Å². The third-order valence-electron chi connectivity index (χ3n) is 5.06. The molecule has 0 fully saturated rings. The van der Waals surface area contributed by atoms with Crippen LogP contribution in [0.3, 0.4) is 0 Å². The molecule has 0 saturated carbocycles. The zero-order valence-corrected chi connectivity index (χ0v) is 14.1. The fourth-order valence-electron chi connectivity index (χ4n) is 3.80. The third kappa shape index (κ3) is 2.08. The largest absolute Gasteiger partial charge is 0.452 e. The molecule has 4 rings (SSSR count). The molecular formula is C19H21BN2O. The van der Waals surface area contributed by atoms with Gasteiger partial charge in [0, 0.05) is 17.5 Å². The first-order valence-corrected chi connectivity index (χ1v) is 8.31. The van der Waals surface area contributed by atoms with Crippen LogP contribution in [0.1, 0.15) is 26.3 Å². The Morgan fingerprint density at radius 1 is 1.26 bits per heavy atom. The van der Waals surface area contributed by atoms with Crippen molar-refractivity contribution in [2.24, 2.45) is 0 Å². The zero-order valence-electron chi connectivity index (χ0n) is 14.1. The molecule has 116 valence electrons. The number of fused-ring (bicyclic) bond motifs is 3. The number of nitrogens with zero attached hydrogens (tertiary/aromatic N) is 2. The number of hydrogen-bond acceptors (Lipinski definition) is 3. The Balaban J connectivity index is 1.93. The molecule has 1 aliphatic rings. The standard InChI is InChI=1S/C19H21BN2O/c1-12(2)20-9-11-22(14(20)4)18-13(3)7-8-15-17-16(23-19(15)18)6-5-10-21-17/h5-12,14H,1-4H3/t14-/m0/s1. The number of hydrogen-bond donors (Lipinski definition) is 0. The highest BCUT2D eigenvalue weighted by Crippen LogP contribution is 2.39. The van der Waals surface area contributed by atoms with Crippen LogP contribution in [0, 0.1) is 6.92 Å². The molecule has 0 saturated heterocycles. The van der Waals surface area contributed by atoms with E-state index in [-0.39, 0.29) is 0 Å². The van der Waals surface area contributed by atoms with E-state index in [1.165, 1.54) is 11.3 Å². The van der Waals surface area contributed by atoms with E-state index < -0.39 is 0 Å². The molecule has 0 bridgehead atoms. The van der Waals surface area contributed by atoms with Crippen LogP contribution < -0.4 is 4.90 Å². The maximum atomic E-state index is 6.18. The van der Waals surface area contributed by atoms with Crippen LogP contribution in [-0.2, 0) is 0 Å². The number of benzene rings is 1. The van der Waals surface area contributed by atoms with Gasteiger partial charge in [0.05, 0.1) is 5.69 Å². The van der Waals surface area contributed by atoms with E-state index in [9.17, 15) is 0 Å². The molecule has 4 heteroatoms. The first kappa shape index (κ1) is 14.4. The quantitative estimate of drug-likeness (QED) is 0.624. The average Bonchev–Trinajstić information content (AvgIpc) is 3.08. The van der Waals surface area contributed by atoms with Crippen molar-refractivity contribution in [3.63, 3.8) is 0 Å². The summed E-state index contributed by atoms with van der Waals surface area (Å²) in [6, 6.07) is 8.20. The normalized spacial score (nSPS) is 18.0. The van der Waals surface area contributed by atoms with Crippen molar-refractivity contribution in [2.45, 2.75) is 39.5 Å². The lowest BCUT2D eigenvalue weighted by Gasteiger charge is -2.28. The summed E-state index contributed by atoms with van der Waals surface area (Å²) in [5.74, 6) is 3.39. The second-order valence-corrected chi connectivity index (χ2v) is 6.87. The smallest absolute Gasteiger partial charge is 0.197 e. The molecule has 0 spiro atoms. The number of rotatable bonds is 2. The molecule has 0 radical (unpaired) electrons. The minimum Gasteiger partial charge on any atom is -0.452 e. The van der Waals surface area contributed by atoms with Crippen LogP contribution in [0.2, 0.25) is 5.82 Å². The molecule has 3 heterocycles. The molecule has 0 amide bonds. The Labute approximate surface area is 137 Å². The highest BCUT2D eigenvalue weighted by atomic mass is 16.3. The van der Waals surface area contributed by atoms with Gasteiger partial charge in [0.1, 0.15) is 5.52 Å². The van der Waals surface area contributed by atoms with Gasteiger partial charge in [-0.3, -0.25) is 4.98 Å². The van der Waals surface area contributed by atoms with E-state index in [0.717, 1.165) is 22.1 Å². The first-order valence-electron chi connectivity index (χ1n) is 8.31. The molecule has 0 unspecified atom stereocenters. The summed E-state index contributed by atoms with van der Waals surface area (Å²) in [4.78, 5) is 6.86. The van der Waals surface area contributed by atoms with Gasteiger partial charge in [-0.25, -0.2) is 0 Å². The number of anilines is 1. The molecule has 3 nitrogen and oxygen atoms in total. The topological polar surface area (TPSA) is 29.3 Å². The van der Waals surface area contributed by atoms with Gasteiger partial charge in [0.2, 0.25) is 0 Å². The Hall–Kier alpha value is -2.23. The minimum atomic E-state index is 0.431. The molecule has 1 atom stereocenters. The van der Waals surface area contributed by atoms with Crippen LogP contribution in [0.5, 0.6) is 0 Å². The molecule has 23 heavy (non-hydrogen) atoms. The summed E-state index contributed by atoms with van der Waals surface area (Å²) < 4.78 is 6.18. The van der Waals surface area contributed by atoms with E-state index >= 15 is 0 Å². The fraction of sp³-hybridized carbons (Fsp3) is 0.316. The maximum Gasteiger partial charge on any atom is 0.197 e. The van der Waals surface area contributed by atoms with Crippen LogP contribution in [-0.4, -0.2) is 17.6 Å². The summed E-state index contributed by atoms with van der Waals surface area (Å²) in [6.45, 7) is 9.58. The predicted molar refractivity (Wildman–Crippen MR) is 98.2 cm³/mol. The number of aryl methyl sites for hydroxylation is 1. The van der Waals surface area contributed by atoms with E-state index in [1.807, 2.05) is 18.3 Å². The SMILES string of the molecule is Cc1ccc2c(oc3cccnc32)c1N1C=CB(C(C)C)[C@@H]1C. The van der Waals surface area contributed by atoms with Gasteiger partial charge in [0.15, 0.2) is 17.9 Å². The monoisotopic (exact) mass is 304 g/mol. The number of pyridine rings is 1. The number of aromatic nitrogens is 1. The molecule has 3 aromatic rings. The molecule has 1 aliphatic heterocycles. The van der Waals surface area contributed by atoms with Gasteiger partial charge in [-0.1, -0.05) is 38.6 Å². The van der Waals surface area contributed by atoms with Crippen molar-refractivity contribution in [2.75, 3.05) is 4.90 Å². The van der Waals surface area contributed by atoms with E-state index in [4.69, 9.17) is 4.42 Å². The molecule has 1 aromatic carbocycles. The summed E-state index contributed by atoms with van der Waals surface area (Å²) in [7, 11) is 0. The Kier molecular flexibility index (Phi) is 3.22. The second kappa shape index (κ2) is 5.15. The zero-order chi connectivity index (χ0) is 16.1. The van der Waals surface area contributed by atoms with Gasteiger partial charge in [-0.2, -0.15) is 0 Å². The van der Waals surface area contributed by atoms with Crippen LogP contribution >= 0.6 is 0 Å². The lowest BCUT2D eigenvalue weighted by Crippen LogP contribution is -2.37. The lowest BCUT2D eigenvalue weighted by atomic mass is 9.39. The van der Waals surface area contributed by atoms with Crippen LogP contribution in [0.25, 0.3) is 22.1 Å². The van der Waals surface area contributed by atoms with Crippen molar-refractivity contribution >= 4 is 34.5 Å². The Bertz CT molecular complexity index is 912. The maximum absolute atomic E-state index is 6.18. The van der Waals surface area contributed by atoms with Crippen molar-refractivity contribution in [3.05, 3.63) is 48.2 Å². The van der Waals surface area contributed by atoms with Gasteiger partial charge in [0.25, 0.3) is 0 Å². The van der Waals surface area contributed by atoms with Gasteiger partial charge >= 0.3 is 0 Å².